The monoisotopic (exact) mass is 494 g/mol. The predicted octanol–water partition coefficient (Wildman–Crippen LogP) is 4.96. The van der Waals surface area contributed by atoms with Gasteiger partial charge in [0.05, 0.1) is 22.3 Å². The van der Waals surface area contributed by atoms with Crippen LogP contribution in [0.3, 0.4) is 0 Å². The van der Waals surface area contributed by atoms with E-state index in [0.29, 0.717) is 5.56 Å². The minimum Gasteiger partial charge on any atom is -0.382 e. The van der Waals surface area contributed by atoms with Crippen LogP contribution in [0, 0.1) is 19.7 Å². The molecular formula is C25H18F4N6O. The van der Waals surface area contributed by atoms with Crippen molar-refractivity contribution in [2.24, 2.45) is 0 Å². The quantitative estimate of drug-likeness (QED) is 0.343. The molecule has 7 nitrogen and oxygen atoms in total. The fourth-order valence-electron chi connectivity index (χ4n) is 4.18. The number of anilines is 1. The van der Waals surface area contributed by atoms with Crippen LogP contribution in [-0.2, 0) is 0 Å². The van der Waals surface area contributed by atoms with Crippen molar-refractivity contribution < 1.29 is 17.6 Å². The number of H-pyrrole nitrogens is 1. The lowest BCUT2D eigenvalue weighted by molar-refractivity contribution is -0.142. The minimum absolute atomic E-state index is 0.0970. The molecule has 0 unspecified atom stereocenters. The van der Waals surface area contributed by atoms with Crippen molar-refractivity contribution in [2.45, 2.75) is 25.9 Å². The molecule has 0 aliphatic rings. The summed E-state index contributed by atoms with van der Waals surface area (Å²) in [5, 5.41) is 0.265. The third kappa shape index (κ3) is 3.92. The Morgan fingerprint density at radius 3 is 2.56 bits per heavy atom. The average Bonchev–Trinajstić information content (AvgIpc) is 2.82. The first kappa shape index (κ1) is 23.3. The van der Waals surface area contributed by atoms with Crippen LogP contribution in [0.4, 0.5) is 23.4 Å². The van der Waals surface area contributed by atoms with Crippen LogP contribution in [-0.4, -0.2) is 31.1 Å². The highest BCUT2D eigenvalue weighted by Crippen LogP contribution is 2.43. The van der Waals surface area contributed by atoms with E-state index in [1.54, 1.807) is 6.92 Å². The van der Waals surface area contributed by atoms with E-state index in [1.807, 2.05) is 0 Å². The number of alkyl halides is 3. The zero-order valence-corrected chi connectivity index (χ0v) is 19.0. The number of fused-ring (bicyclic) bond motifs is 2. The Balaban J connectivity index is 1.89. The van der Waals surface area contributed by atoms with E-state index in [-0.39, 0.29) is 50.1 Å². The number of aromatic amines is 1. The normalized spacial score (nSPS) is 12.8. The first-order valence-corrected chi connectivity index (χ1v) is 10.8. The van der Waals surface area contributed by atoms with Crippen molar-refractivity contribution in [3.63, 3.8) is 0 Å². The van der Waals surface area contributed by atoms with E-state index in [0.717, 1.165) is 6.07 Å². The van der Waals surface area contributed by atoms with Crippen molar-refractivity contribution in [1.29, 1.82) is 0 Å². The Morgan fingerprint density at radius 1 is 1.03 bits per heavy atom. The summed E-state index contributed by atoms with van der Waals surface area (Å²) in [7, 11) is 0. The molecule has 36 heavy (non-hydrogen) atoms. The molecule has 0 aliphatic carbocycles. The number of nitrogens with two attached hydrogens (primary N) is 1. The molecule has 0 aliphatic heterocycles. The second-order valence-electron chi connectivity index (χ2n) is 8.40. The molecule has 11 heteroatoms. The first-order chi connectivity index (χ1) is 17.0. The summed E-state index contributed by atoms with van der Waals surface area (Å²) in [6.07, 6.45) is -2.03. The number of pyridine rings is 3. The molecule has 5 aromatic rings. The lowest BCUT2D eigenvalue weighted by Gasteiger charge is -2.23. The van der Waals surface area contributed by atoms with Crippen LogP contribution in [0.15, 0.2) is 53.6 Å². The minimum atomic E-state index is -4.89. The molecule has 5 rings (SSSR count). The van der Waals surface area contributed by atoms with Crippen molar-refractivity contribution in [1.82, 2.24) is 24.9 Å². The van der Waals surface area contributed by atoms with Gasteiger partial charge in [-0.2, -0.15) is 13.2 Å². The van der Waals surface area contributed by atoms with Crippen LogP contribution in [0.2, 0.25) is 0 Å². The highest BCUT2D eigenvalue weighted by Gasteiger charge is 2.46. The molecule has 0 saturated heterocycles. The predicted molar refractivity (Wildman–Crippen MR) is 127 cm³/mol. The van der Waals surface area contributed by atoms with Gasteiger partial charge in [0.2, 0.25) is 0 Å². The van der Waals surface area contributed by atoms with Crippen molar-refractivity contribution in [3.05, 3.63) is 87.5 Å². The fourth-order valence-corrected chi connectivity index (χ4v) is 4.18. The maximum Gasteiger partial charge on any atom is 0.402 e. The Morgan fingerprint density at radius 2 is 1.81 bits per heavy atom. The maximum atomic E-state index is 14.7. The van der Waals surface area contributed by atoms with E-state index >= 15 is 0 Å². The van der Waals surface area contributed by atoms with Gasteiger partial charge in [0.1, 0.15) is 23.1 Å². The van der Waals surface area contributed by atoms with Gasteiger partial charge in [0.15, 0.2) is 5.82 Å². The largest absolute Gasteiger partial charge is 0.402 e. The second kappa shape index (κ2) is 8.36. The van der Waals surface area contributed by atoms with E-state index in [9.17, 15) is 22.4 Å². The summed E-state index contributed by atoms with van der Waals surface area (Å²) in [4.78, 5) is 31.7. The number of hydrogen-bond donors (Lipinski definition) is 2. The summed E-state index contributed by atoms with van der Waals surface area (Å²) in [5.41, 5.74) is 5.76. The summed E-state index contributed by atoms with van der Waals surface area (Å²) < 4.78 is 58.5. The van der Waals surface area contributed by atoms with E-state index in [1.165, 1.54) is 49.6 Å². The molecule has 4 heterocycles. The van der Waals surface area contributed by atoms with Crippen molar-refractivity contribution in [2.75, 3.05) is 5.73 Å². The summed E-state index contributed by atoms with van der Waals surface area (Å²) in [5.74, 6) is -3.80. The summed E-state index contributed by atoms with van der Waals surface area (Å²) >= 11 is 0. The van der Waals surface area contributed by atoms with E-state index < -0.39 is 29.3 Å². The van der Waals surface area contributed by atoms with Crippen LogP contribution in [0.1, 0.15) is 28.4 Å². The van der Waals surface area contributed by atoms with Crippen LogP contribution < -0.4 is 11.3 Å². The van der Waals surface area contributed by atoms with Gasteiger partial charge >= 0.3 is 6.18 Å². The third-order valence-corrected chi connectivity index (χ3v) is 5.90. The van der Waals surface area contributed by atoms with Crippen LogP contribution in [0.5, 0.6) is 0 Å². The van der Waals surface area contributed by atoms with Gasteiger partial charge in [-0.3, -0.25) is 9.78 Å². The Hall–Kier alpha value is -4.41. The lowest BCUT2D eigenvalue weighted by Crippen LogP contribution is -2.26. The molecule has 0 bridgehead atoms. The number of nitrogen functional groups attached to an aromatic ring is 1. The highest BCUT2D eigenvalue weighted by atomic mass is 19.4. The number of nitrogens with one attached hydrogen (secondary N) is 1. The molecule has 0 saturated carbocycles. The standard InChI is InChI=1S/C25H18F4N6O/c1-11-8-15(24(36)32-10-11)20-14(9-13-5-6-16(26)12(2)19(13)34-20)18(25(27,28)29)23-33-17-4-3-7-31-21(17)22(30)35-23/h3-10,18H,1-2H3,(H,32,36)(H2,30,33,35)/t18-/m1/s1. The molecular weight excluding hydrogens is 476 g/mol. The number of rotatable bonds is 3. The molecule has 1 aromatic carbocycles. The molecule has 0 radical (unpaired) electrons. The third-order valence-electron chi connectivity index (χ3n) is 5.90. The van der Waals surface area contributed by atoms with Gasteiger partial charge in [-0.25, -0.2) is 19.3 Å². The summed E-state index contributed by atoms with van der Waals surface area (Å²) in [6, 6.07) is 8.17. The van der Waals surface area contributed by atoms with E-state index in [4.69, 9.17) is 5.73 Å². The topological polar surface area (TPSA) is 110 Å². The number of hydrogen-bond acceptors (Lipinski definition) is 6. The smallest absolute Gasteiger partial charge is 0.382 e. The van der Waals surface area contributed by atoms with E-state index in [2.05, 4.69) is 24.9 Å². The van der Waals surface area contributed by atoms with Gasteiger partial charge in [-0.1, -0.05) is 0 Å². The van der Waals surface area contributed by atoms with Gasteiger partial charge in [-0.15, -0.1) is 0 Å². The van der Waals surface area contributed by atoms with Gasteiger partial charge < -0.3 is 10.7 Å². The lowest BCUT2D eigenvalue weighted by atomic mass is 9.91. The molecule has 3 N–H and O–H groups in total. The molecule has 0 amide bonds. The van der Waals surface area contributed by atoms with Gasteiger partial charge in [-0.05, 0) is 61.4 Å². The maximum absolute atomic E-state index is 14.7. The molecule has 4 aromatic heterocycles. The first-order valence-electron chi connectivity index (χ1n) is 10.8. The molecule has 182 valence electrons. The number of halogens is 4. The zero-order valence-electron chi connectivity index (χ0n) is 19.0. The zero-order chi connectivity index (χ0) is 25.8. The Bertz CT molecular complexity index is 1710. The van der Waals surface area contributed by atoms with Crippen LogP contribution in [0.25, 0.3) is 33.2 Å². The second-order valence-corrected chi connectivity index (χ2v) is 8.40. The fraction of sp³-hybridized carbons (Fsp3) is 0.160. The number of aryl methyl sites for hydroxylation is 2. The highest BCUT2D eigenvalue weighted by molar-refractivity contribution is 5.87. The average molecular weight is 494 g/mol. The van der Waals surface area contributed by atoms with Crippen molar-refractivity contribution >= 4 is 27.8 Å². The number of nitrogens with zero attached hydrogens (tertiary/aromatic N) is 4. The SMILES string of the molecule is Cc1c[nH]c(=O)c(-c2nc3c(C)c(F)ccc3cc2[C@H](c2nc(N)c3ncccc3n2)C(F)(F)F)c1. The Labute approximate surface area is 201 Å². The van der Waals surface area contributed by atoms with Gasteiger partial charge in [0.25, 0.3) is 5.56 Å². The summed E-state index contributed by atoms with van der Waals surface area (Å²) in [6.45, 7) is 3.14. The van der Waals surface area contributed by atoms with Crippen LogP contribution >= 0.6 is 0 Å². The number of aromatic nitrogens is 5. The molecule has 0 spiro atoms. The Kier molecular flexibility index (Phi) is 5.42. The van der Waals surface area contributed by atoms with Gasteiger partial charge in [0, 0.05) is 23.3 Å². The molecule has 1 atom stereocenters. The molecule has 0 fully saturated rings. The van der Waals surface area contributed by atoms with Crippen molar-refractivity contribution in [3.8, 4) is 11.3 Å². The number of benzene rings is 1.